The Balaban J connectivity index is 2.46. The fraction of sp³-hybridized carbons (Fsp3) is 0.143. The molecule has 11 heavy (non-hydrogen) atoms. The second-order valence-corrected chi connectivity index (χ2v) is 3.75. The molecule has 0 spiro atoms. The Labute approximate surface area is 82.9 Å². The van der Waals surface area contributed by atoms with Gasteiger partial charge in [-0.25, -0.2) is 0 Å². The Morgan fingerprint density at radius 2 is 2.36 bits per heavy atom. The van der Waals surface area contributed by atoms with Gasteiger partial charge in [0.05, 0.1) is 0 Å². The lowest BCUT2D eigenvalue weighted by Crippen LogP contribution is -2.02. The minimum Gasteiger partial charge on any atom is -0.176 e. The van der Waals surface area contributed by atoms with Crippen molar-refractivity contribution in [2.75, 3.05) is 0 Å². The summed E-state index contributed by atoms with van der Waals surface area (Å²) >= 11 is 7.96. The molecule has 56 valence electrons. The first kappa shape index (κ1) is 7.49. The second-order valence-electron chi connectivity index (χ2n) is 2.29. The lowest BCUT2D eigenvalue weighted by atomic mass is 10.1. The fourth-order valence-electron chi connectivity index (χ4n) is 1.02. The van der Waals surface area contributed by atoms with Crippen LogP contribution >= 0.6 is 34.2 Å². The molecule has 0 N–H and O–H groups in total. The summed E-state index contributed by atoms with van der Waals surface area (Å²) in [5.41, 5.74) is 1.11. The highest BCUT2D eigenvalue weighted by Crippen LogP contribution is 2.32. The molecule has 1 aliphatic heterocycles. The van der Waals surface area contributed by atoms with Crippen molar-refractivity contribution in [1.29, 1.82) is 0 Å². The molecule has 0 fully saturated rings. The zero-order valence-electron chi connectivity index (χ0n) is 5.46. The van der Waals surface area contributed by atoms with Crippen molar-refractivity contribution in [2.24, 2.45) is 10.2 Å². The van der Waals surface area contributed by atoms with Crippen LogP contribution in [0.25, 0.3) is 0 Å². The second kappa shape index (κ2) is 2.71. The average Bonchev–Trinajstić information content (AvgIpc) is 2.33. The number of hydrogen-bond donors (Lipinski definition) is 0. The van der Waals surface area contributed by atoms with E-state index in [4.69, 9.17) is 11.6 Å². The van der Waals surface area contributed by atoms with Gasteiger partial charge in [0.2, 0.25) is 0 Å². The van der Waals surface area contributed by atoms with E-state index in [2.05, 4.69) is 32.8 Å². The predicted octanol–water partition coefficient (Wildman–Crippen LogP) is 3.16. The summed E-state index contributed by atoms with van der Waals surface area (Å²) in [6.45, 7) is 0. The van der Waals surface area contributed by atoms with Crippen LogP contribution in [0.2, 0.25) is 0 Å². The van der Waals surface area contributed by atoms with Crippen LogP contribution in [0.1, 0.15) is 0 Å². The van der Waals surface area contributed by atoms with Crippen molar-refractivity contribution in [3.63, 3.8) is 0 Å². The van der Waals surface area contributed by atoms with E-state index in [0.29, 0.717) is 0 Å². The third-order valence-electron chi connectivity index (χ3n) is 1.56. The Kier molecular flexibility index (Phi) is 1.85. The standard InChI is InChI=1S/C7H4ClIN2/c8-4-1-2-6-5(3-4)7(9)11-10-6/h1-3,6H/t6-/m1/s1. The van der Waals surface area contributed by atoms with Crippen LogP contribution in [0.15, 0.2) is 42.8 Å². The number of azo groups is 1. The number of allylic oxidation sites excluding steroid dienone is 2. The molecule has 2 rings (SSSR count). The van der Waals surface area contributed by atoms with Crippen molar-refractivity contribution < 1.29 is 0 Å². The monoisotopic (exact) mass is 278 g/mol. The molecule has 0 amide bonds. The number of hydrogen-bond acceptors (Lipinski definition) is 2. The van der Waals surface area contributed by atoms with E-state index in [-0.39, 0.29) is 6.04 Å². The maximum absolute atomic E-state index is 5.80. The average molecular weight is 278 g/mol. The minimum absolute atomic E-state index is 0.115. The van der Waals surface area contributed by atoms with Gasteiger partial charge in [-0.05, 0) is 34.7 Å². The summed E-state index contributed by atoms with van der Waals surface area (Å²) in [4.78, 5) is 0. The summed E-state index contributed by atoms with van der Waals surface area (Å²) in [6.07, 6.45) is 5.71. The molecule has 0 bridgehead atoms. The Hall–Kier alpha value is -0.160. The molecule has 1 aliphatic carbocycles. The minimum atomic E-state index is 0.115. The molecular weight excluding hydrogens is 274 g/mol. The van der Waals surface area contributed by atoms with Crippen LogP contribution in [-0.2, 0) is 0 Å². The first-order valence-corrected chi connectivity index (χ1v) is 4.59. The number of rotatable bonds is 0. The van der Waals surface area contributed by atoms with Gasteiger partial charge in [-0.1, -0.05) is 17.7 Å². The van der Waals surface area contributed by atoms with Gasteiger partial charge in [-0.15, -0.1) is 5.11 Å². The predicted molar refractivity (Wildman–Crippen MR) is 52.8 cm³/mol. The van der Waals surface area contributed by atoms with E-state index in [1.807, 2.05) is 18.2 Å². The summed E-state index contributed by atoms with van der Waals surface area (Å²) in [5, 5.41) is 8.73. The van der Waals surface area contributed by atoms with Crippen molar-refractivity contribution in [1.82, 2.24) is 0 Å². The van der Waals surface area contributed by atoms with Crippen molar-refractivity contribution in [2.45, 2.75) is 6.04 Å². The molecule has 4 heteroatoms. The molecule has 0 aromatic rings. The van der Waals surface area contributed by atoms with E-state index < -0.39 is 0 Å². The normalized spacial score (nSPS) is 27.5. The molecule has 0 saturated heterocycles. The molecule has 2 nitrogen and oxygen atoms in total. The third-order valence-corrected chi connectivity index (χ3v) is 2.63. The van der Waals surface area contributed by atoms with Crippen LogP contribution in [0.4, 0.5) is 0 Å². The first-order chi connectivity index (χ1) is 5.27. The zero-order valence-corrected chi connectivity index (χ0v) is 8.37. The van der Waals surface area contributed by atoms with Crippen molar-refractivity contribution >= 4 is 34.2 Å². The largest absolute Gasteiger partial charge is 0.176 e. The molecule has 2 aliphatic rings. The fourth-order valence-corrected chi connectivity index (χ4v) is 1.81. The third kappa shape index (κ3) is 1.27. The van der Waals surface area contributed by atoms with E-state index in [9.17, 15) is 0 Å². The van der Waals surface area contributed by atoms with Gasteiger partial charge in [-0.3, -0.25) is 0 Å². The van der Waals surface area contributed by atoms with Gasteiger partial charge in [0.1, 0.15) is 9.75 Å². The van der Waals surface area contributed by atoms with Crippen molar-refractivity contribution in [3.05, 3.63) is 32.5 Å². The van der Waals surface area contributed by atoms with Crippen LogP contribution in [-0.4, -0.2) is 6.04 Å². The van der Waals surface area contributed by atoms with Gasteiger partial charge >= 0.3 is 0 Å². The van der Waals surface area contributed by atoms with E-state index in [1.54, 1.807) is 0 Å². The number of fused-ring (bicyclic) bond motifs is 1. The Bertz CT molecular complexity index is 314. The van der Waals surface area contributed by atoms with E-state index in [1.165, 1.54) is 0 Å². The molecular formula is C7H4ClIN2. The smallest absolute Gasteiger partial charge is 0.129 e. The lowest BCUT2D eigenvalue weighted by Gasteiger charge is -2.06. The highest BCUT2D eigenvalue weighted by atomic mass is 127. The number of nitrogens with zero attached hydrogens (tertiary/aromatic N) is 2. The molecule has 0 aromatic carbocycles. The maximum Gasteiger partial charge on any atom is 0.129 e. The van der Waals surface area contributed by atoms with Crippen LogP contribution in [0, 0.1) is 0 Å². The quantitative estimate of drug-likeness (QED) is 0.480. The molecule has 0 saturated carbocycles. The van der Waals surface area contributed by atoms with Gasteiger partial charge in [0.25, 0.3) is 0 Å². The van der Waals surface area contributed by atoms with Crippen LogP contribution in [0.3, 0.4) is 0 Å². The SMILES string of the molecule is ClC1=CC2=C(I)N=N[C@@H]2C=C1. The van der Waals surface area contributed by atoms with Crippen LogP contribution < -0.4 is 0 Å². The molecule has 0 unspecified atom stereocenters. The highest BCUT2D eigenvalue weighted by Gasteiger charge is 2.20. The summed E-state index contributed by atoms with van der Waals surface area (Å²) < 4.78 is 0.940. The lowest BCUT2D eigenvalue weighted by molar-refractivity contribution is 0.944. The van der Waals surface area contributed by atoms with Gasteiger partial charge < -0.3 is 0 Å². The Morgan fingerprint density at radius 1 is 1.55 bits per heavy atom. The summed E-state index contributed by atoms with van der Waals surface area (Å²) in [6, 6.07) is 0.115. The molecule has 0 radical (unpaired) electrons. The van der Waals surface area contributed by atoms with Gasteiger partial charge in [0, 0.05) is 10.6 Å². The summed E-state index contributed by atoms with van der Waals surface area (Å²) in [5.74, 6) is 0. The number of halogens is 2. The molecule has 1 heterocycles. The topological polar surface area (TPSA) is 24.7 Å². The van der Waals surface area contributed by atoms with Gasteiger partial charge in [0.15, 0.2) is 0 Å². The maximum atomic E-state index is 5.80. The van der Waals surface area contributed by atoms with Gasteiger partial charge in [-0.2, -0.15) is 5.11 Å². The Morgan fingerprint density at radius 3 is 3.18 bits per heavy atom. The summed E-state index contributed by atoms with van der Waals surface area (Å²) in [7, 11) is 0. The highest BCUT2D eigenvalue weighted by molar-refractivity contribution is 14.1. The van der Waals surface area contributed by atoms with E-state index in [0.717, 1.165) is 14.3 Å². The molecule has 1 atom stereocenters. The first-order valence-electron chi connectivity index (χ1n) is 3.13. The van der Waals surface area contributed by atoms with Crippen LogP contribution in [0.5, 0.6) is 0 Å². The zero-order chi connectivity index (χ0) is 7.84. The van der Waals surface area contributed by atoms with E-state index >= 15 is 0 Å². The van der Waals surface area contributed by atoms with Crippen molar-refractivity contribution in [3.8, 4) is 0 Å². The molecule has 0 aromatic heterocycles.